The number of benzene rings is 1. The Labute approximate surface area is 169 Å². The van der Waals surface area contributed by atoms with Crippen LogP contribution in [0.3, 0.4) is 0 Å². The molecule has 7 nitrogen and oxygen atoms in total. The van der Waals surface area contributed by atoms with Crippen LogP contribution in [0, 0.1) is 5.92 Å². The number of nitrogens with one attached hydrogen (secondary N) is 1. The number of anilines is 1. The van der Waals surface area contributed by atoms with Crippen LogP contribution in [0.5, 0.6) is 5.75 Å². The number of ether oxygens (including phenoxy) is 1. The summed E-state index contributed by atoms with van der Waals surface area (Å²) in [5.41, 5.74) is 0.394. The highest BCUT2D eigenvalue weighted by Crippen LogP contribution is 2.29. The van der Waals surface area contributed by atoms with Crippen LogP contribution in [0.1, 0.15) is 40.5 Å². The molecular weight excluding hydrogens is 378 g/mol. The molecule has 1 aliphatic heterocycles. The standard InChI is InChI=1S/C20H33N3O4S/c1-5-23(6-2)28(25,26)17-10-11-19(27-7-3)18(13-17)21-20(24)15-22-12-8-9-16(4)14-22/h10-11,13,16H,5-9,12,14-15H2,1-4H3,(H,21,24)/t16-/m1/s1. The number of amides is 1. The van der Waals surface area contributed by atoms with E-state index in [0.717, 1.165) is 19.5 Å². The minimum Gasteiger partial charge on any atom is -0.492 e. The van der Waals surface area contributed by atoms with Gasteiger partial charge in [0.25, 0.3) is 0 Å². The van der Waals surface area contributed by atoms with Gasteiger partial charge in [-0.2, -0.15) is 4.31 Å². The molecule has 1 aliphatic rings. The lowest BCUT2D eigenvalue weighted by Crippen LogP contribution is -2.39. The average Bonchev–Trinajstić information content (AvgIpc) is 2.64. The second-order valence-electron chi connectivity index (χ2n) is 7.21. The molecule has 1 N–H and O–H groups in total. The summed E-state index contributed by atoms with van der Waals surface area (Å²) in [7, 11) is -3.61. The van der Waals surface area contributed by atoms with E-state index >= 15 is 0 Å². The number of hydrogen-bond donors (Lipinski definition) is 1. The van der Waals surface area contributed by atoms with E-state index in [9.17, 15) is 13.2 Å². The van der Waals surface area contributed by atoms with E-state index in [-0.39, 0.29) is 10.8 Å². The van der Waals surface area contributed by atoms with Gasteiger partial charge >= 0.3 is 0 Å². The number of likely N-dealkylation sites (tertiary alicyclic amines) is 1. The van der Waals surface area contributed by atoms with E-state index < -0.39 is 10.0 Å². The maximum atomic E-state index is 12.8. The Morgan fingerprint density at radius 2 is 2.00 bits per heavy atom. The van der Waals surface area contributed by atoms with Gasteiger partial charge < -0.3 is 10.1 Å². The van der Waals surface area contributed by atoms with Crippen LogP contribution in [0.2, 0.25) is 0 Å². The Hall–Kier alpha value is -1.64. The molecule has 0 bridgehead atoms. The fraction of sp³-hybridized carbons (Fsp3) is 0.650. The van der Waals surface area contributed by atoms with Crippen molar-refractivity contribution in [2.24, 2.45) is 5.92 Å². The minimum absolute atomic E-state index is 0.154. The third-order valence-electron chi connectivity index (χ3n) is 4.98. The number of carbonyl (C=O) groups excluding carboxylic acids is 1. The van der Waals surface area contributed by atoms with Crippen LogP contribution in [0.15, 0.2) is 23.1 Å². The first-order valence-corrected chi connectivity index (χ1v) is 11.5. The maximum absolute atomic E-state index is 12.8. The summed E-state index contributed by atoms with van der Waals surface area (Å²) in [4.78, 5) is 14.9. The molecule has 8 heteroatoms. The second kappa shape index (κ2) is 10.2. The van der Waals surface area contributed by atoms with Crippen molar-refractivity contribution in [3.63, 3.8) is 0 Å². The lowest BCUT2D eigenvalue weighted by Gasteiger charge is -2.30. The van der Waals surface area contributed by atoms with Gasteiger partial charge in [-0.05, 0) is 50.4 Å². The van der Waals surface area contributed by atoms with Gasteiger partial charge in [0.2, 0.25) is 15.9 Å². The fourth-order valence-electron chi connectivity index (χ4n) is 3.58. The highest BCUT2D eigenvalue weighted by Gasteiger charge is 2.24. The zero-order chi connectivity index (χ0) is 20.7. The number of carbonyl (C=O) groups is 1. The van der Waals surface area contributed by atoms with Gasteiger partial charge in [0.1, 0.15) is 5.75 Å². The maximum Gasteiger partial charge on any atom is 0.243 e. The number of sulfonamides is 1. The third kappa shape index (κ3) is 5.68. The zero-order valence-electron chi connectivity index (χ0n) is 17.4. The molecule has 0 saturated carbocycles. The van der Waals surface area contributed by atoms with Crippen LogP contribution in [-0.4, -0.2) is 62.9 Å². The largest absolute Gasteiger partial charge is 0.492 e. The first-order valence-electron chi connectivity index (χ1n) is 10.1. The topological polar surface area (TPSA) is 79.0 Å². The number of hydrogen-bond acceptors (Lipinski definition) is 5. The van der Waals surface area contributed by atoms with Crippen molar-refractivity contribution >= 4 is 21.6 Å². The van der Waals surface area contributed by atoms with Crippen molar-refractivity contribution in [3.8, 4) is 5.75 Å². The summed E-state index contributed by atoms with van der Waals surface area (Å²) in [6.45, 7) is 11.0. The van der Waals surface area contributed by atoms with Gasteiger partial charge in [-0.1, -0.05) is 20.8 Å². The predicted molar refractivity (Wildman–Crippen MR) is 111 cm³/mol. The molecule has 28 heavy (non-hydrogen) atoms. The highest BCUT2D eigenvalue weighted by atomic mass is 32.2. The van der Waals surface area contributed by atoms with E-state index in [0.29, 0.717) is 43.6 Å². The van der Waals surface area contributed by atoms with Crippen LogP contribution in [0.25, 0.3) is 0 Å². The molecule has 0 spiro atoms. The Balaban J connectivity index is 2.22. The van der Waals surface area contributed by atoms with Gasteiger partial charge in [0, 0.05) is 19.6 Å². The van der Waals surface area contributed by atoms with Crippen LogP contribution in [-0.2, 0) is 14.8 Å². The van der Waals surface area contributed by atoms with Crippen molar-refractivity contribution in [2.75, 3.05) is 44.6 Å². The summed E-state index contributed by atoms with van der Waals surface area (Å²) in [6, 6.07) is 4.63. The first kappa shape index (κ1) is 22.6. The van der Waals surface area contributed by atoms with Gasteiger partial charge in [-0.3, -0.25) is 9.69 Å². The molecule has 1 fully saturated rings. The molecule has 1 heterocycles. The normalized spacial score (nSPS) is 18.2. The van der Waals surface area contributed by atoms with E-state index in [4.69, 9.17) is 4.74 Å². The summed E-state index contributed by atoms with van der Waals surface area (Å²) < 4.78 is 32.6. The molecule has 1 saturated heterocycles. The molecular formula is C20H33N3O4S. The quantitative estimate of drug-likeness (QED) is 0.676. The van der Waals surface area contributed by atoms with Gasteiger partial charge in [0.05, 0.1) is 23.7 Å². The molecule has 1 amide bonds. The molecule has 0 aliphatic carbocycles. The predicted octanol–water partition coefficient (Wildman–Crippen LogP) is 2.79. The lowest BCUT2D eigenvalue weighted by molar-refractivity contribution is -0.117. The van der Waals surface area contributed by atoms with E-state index in [1.54, 1.807) is 19.9 Å². The summed E-state index contributed by atoms with van der Waals surface area (Å²) >= 11 is 0. The monoisotopic (exact) mass is 411 g/mol. The first-order chi connectivity index (χ1) is 13.3. The summed E-state index contributed by atoms with van der Waals surface area (Å²) in [5.74, 6) is 0.900. The second-order valence-corrected chi connectivity index (χ2v) is 9.15. The molecule has 1 aromatic rings. The van der Waals surface area contributed by atoms with Crippen molar-refractivity contribution in [3.05, 3.63) is 18.2 Å². The van der Waals surface area contributed by atoms with Crippen molar-refractivity contribution < 1.29 is 17.9 Å². The van der Waals surface area contributed by atoms with Crippen molar-refractivity contribution in [1.82, 2.24) is 9.21 Å². The van der Waals surface area contributed by atoms with E-state index in [1.807, 2.05) is 6.92 Å². The summed E-state index contributed by atoms with van der Waals surface area (Å²) in [6.07, 6.45) is 2.29. The Kier molecular flexibility index (Phi) is 8.27. The van der Waals surface area contributed by atoms with Crippen LogP contribution >= 0.6 is 0 Å². The van der Waals surface area contributed by atoms with E-state index in [1.165, 1.54) is 22.9 Å². The third-order valence-corrected chi connectivity index (χ3v) is 7.02. The Morgan fingerprint density at radius 1 is 1.29 bits per heavy atom. The van der Waals surface area contributed by atoms with Gasteiger partial charge in [-0.25, -0.2) is 8.42 Å². The zero-order valence-corrected chi connectivity index (χ0v) is 18.2. The van der Waals surface area contributed by atoms with Crippen molar-refractivity contribution in [1.29, 1.82) is 0 Å². The molecule has 0 aromatic heterocycles. The molecule has 0 unspecified atom stereocenters. The Bertz CT molecular complexity index is 763. The number of rotatable bonds is 9. The lowest BCUT2D eigenvalue weighted by atomic mass is 10.0. The molecule has 0 radical (unpaired) electrons. The highest BCUT2D eigenvalue weighted by molar-refractivity contribution is 7.89. The number of nitrogens with zero attached hydrogens (tertiary/aromatic N) is 2. The minimum atomic E-state index is -3.61. The van der Waals surface area contributed by atoms with Gasteiger partial charge in [0.15, 0.2) is 0 Å². The molecule has 1 atom stereocenters. The summed E-state index contributed by atoms with van der Waals surface area (Å²) in [5, 5.41) is 2.86. The molecule has 2 rings (SSSR count). The molecule has 1 aromatic carbocycles. The van der Waals surface area contributed by atoms with Gasteiger partial charge in [-0.15, -0.1) is 0 Å². The smallest absolute Gasteiger partial charge is 0.243 e. The average molecular weight is 412 g/mol. The molecule has 158 valence electrons. The SMILES string of the molecule is CCOc1ccc(S(=O)(=O)N(CC)CC)cc1NC(=O)CN1CCC[C@@H](C)C1. The fourth-order valence-corrected chi connectivity index (χ4v) is 5.07. The van der Waals surface area contributed by atoms with Crippen LogP contribution < -0.4 is 10.1 Å². The number of piperidine rings is 1. The Morgan fingerprint density at radius 3 is 2.61 bits per heavy atom. The van der Waals surface area contributed by atoms with E-state index in [2.05, 4.69) is 17.1 Å². The van der Waals surface area contributed by atoms with Crippen LogP contribution in [0.4, 0.5) is 5.69 Å². The van der Waals surface area contributed by atoms with Crippen molar-refractivity contribution in [2.45, 2.75) is 45.4 Å².